The summed E-state index contributed by atoms with van der Waals surface area (Å²) in [6, 6.07) is 0. The van der Waals surface area contributed by atoms with Crippen molar-refractivity contribution in [2.24, 2.45) is 0 Å². The van der Waals surface area contributed by atoms with Crippen molar-refractivity contribution in [2.75, 3.05) is 4.43 Å². The van der Waals surface area contributed by atoms with Gasteiger partial charge in [0.25, 0.3) is 0 Å². The first-order valence-electron chi connectivity index (χ1n) is 2.56. The molecule has 0 rings (SSSR count). The third-order valence-electron chi connectivity index (χ3n) is 0.930. The molecule has 0 aromatic heterocycles. The molecule has 0 aromatic carbocycles. The third-order valence-corrected chi connectivity index (χ3v) is 15.3. The molecule has 0 N–H and O–H groups in total. The van der Waals surface area contributed by atoms with Crippen LogP contribution in [-0.4, -0.2) is 34.8 Å². The van der Waals surface area contributed by atoms with E-state index in [0.29, 0.717) is 0 Å². The summed E-state index contributed by atoms with van der Waals surface area (Å²) in [5.41, 5.74) is 0. The molecule has 0 aliphatic heterocycles. The molecule has 0 aromatic rings. The van der Waals surface area contributed by atoms with Crippen LogP contribution in [0.2, 0.25) is 4.44 Å². The van der Waals surface area contributed by atoms with Gasteiger partial charge in [0.15, 0.2) is 0 Å². The summed E-state index contributed by atoms with van der Waals surface area (Å²) in [5.74, 6) is 0. The third kappa shape index (κ3) is 4.75. The summed E-state index contributed by atoms with van der Waals surface area (Å²) in [5, 5.41) is 0. The van der Waals surface area contributed by atoms with E-state index in [2.05, 4.69) is 67.8 Å². The average Bonchev–Trinajstić information content (AvgIpc) is 1.84. The summed E-state index contributed by atoms with van der Waals surface area (Å²) in [4.78, 5) is 0. The Labute approximate surface area is 105 Å². The maximum absolute atomic E-state index is 2.57. The molecule has 2 atom stereocenters. The second-order valence-corrected chi connectivity index (χ2v) is 8.01. The molecular formula is C4H9I3Sn. The fourth-order valence-corrected chi connectivity index (χ4v) is 7.06. The summed E-state index contributed by atoms with van der Waals surface area (Å²) in [7, 11) is 0. The van der Waals surface area contributed by atoms with E-state index in [1.54, 1.807) is 0 Å². The van der Waals surface area contributed by atoms with Gasteiger partial charge in [-0.1, -0.05) is 0 Å². The summed E-state index contributed by atoms with van der Waals surface area (Å²) >= 11 is 8.49. The van der Waals surface area contributed by atoms with Gasteiger partial charge in [-0.25, -0.2) is 0 Å². The van der Waals surface area contributed by atoms with Gasteiger partial charge in [0.1, 0.15) is 0 Å². The van der Waals surface area contributed by atoms with Gasteiger partial charge in [-0.2, -0.15) is 0 Å². The molecule has 0 bridgehead atoms. The van der Waals surface area contributed by atoms with Crippen LogP contribution in [0.4, 0.5) is 0 Å². The zero-order valence-corrected chi connectivity index (χ0v) is 16.9. The van der Waals surface area contributed by atoms with E-state index in [1.165, 1.54) is 8.86 Å². The van der Waals surface area contributed by atoms with Crippen molar-refractivity contribution in [1.82, 2.24) is 0 Å². The van der Waals surface area contributed by atoms with E-state index < -0.39 is 0 Å². The Hall–Kier alpha value is 2.99. The number of hydrogen-bond donors (Lipinski definition) is 0. The zero-order valence-electron chi connectivity index (χ0n) is 4.70. The standard InChI is InChI=1S/C4H6I3.Sn.3H/c1-3(6)4(7)2-5;;;;/h3-4H,1-2H2;;;;. The molecule has 0 amide bonds. The second kappa shape index (κ2) is 6.68. The Morgan fingerprint density at radius 2 is 1.75 bits per heavy atom. The van der Waals surface area contributed by atoms with Crippen molar-refractivity contribution in [3.8, 4) is 0 Å². The van der Waals surface area contributed by atoms with E-state index in [0.717, 1.165) is 30.4 Å². The van der Waals surface area contributed by atoms with Crippen molar-refractivity contribution in [3.63, 3.8) is 0 Å². The molecule has 2 unspecified atom stereocenters. The number of alkyl halides is 3. The Balaban J connectivity index is 3.29. The molecule has 0 saturated heterocycles. The van der Waals surface area contributed by atoms with E-state index in [-0.39, 0.29) is 0 Å². The number of halogens is 3. The van der Waals surface area contributed by atoms with Crippen LogP contribution in [-0.2, 0) is 0 Å². The molecule has 0 aliphatic carbocycles. The van der Waals surface area contributed by atoms with Crippen LogP contribution in [0.1, 0.15) is 0 Å². The van der Waals surface area contributed by atoms with E-state index >= 15 is 0 Å². The van der Waals surface area contributed by atoms with Crippen LogP contribution in [0, 0.1) is 0 Å². The van der Waals surface area contributed by atoms with Gasteiger partial charge in [0, 0.05) is 0 Å². The Kier molecular flexibility index (Phi) is 9.18. The topological polar surface area (TPSA) is 0 Å². The second-order valence-electron chi connectivity index (χ2n) is 1.59. The maximum atomic E-state index is 2.57. The molecule has 50 valence electrons. The van der Waals surface area contributed by atoms with Gasteiger partial charge in [-0.05, 0) is 0 Å². The first kappa shape index (κ1) is 11.0. The SMILES string of the molecule is [SnH3][CH2]C(I)C(I)CI. The van der Waals surface area contributed by atoms with Crippen LogP contribution >= 0.6 is 67.8 Å². The minimum atomic E-state index is 0.906. The molecule has 0 radical (unpaired) electrons. The van der Waals surface area contributed by atoms with Crippen molar-refractivity contribution < 1.29 is 0 Å². The summed E-state index contributed by atoms with van der Waals surface area (Å²) in [6.45, 7) is 0. The Morgan fingerprint density at radius 3 is 1.88 bits per heavy atom. The van der Waals surface area contributed by atoms with Gasteiger partial charge in [0.2, 0.25) is 0 Å². The monoisotopic (exact) mass is 558 g/mol. The molecule has 8 heavy (non-hydrogen) atoms. The van der Waals surface area contributed by atoms with Crippen molar-refractivity contribution in [1.29, 1.82) is 0 Å². The van der Waals surface area contributed by atoms with E-state index in [9.17, 15) is 0 Å². The summed E-state index contributed by atoms with van der Waals surface area (Å²) in [6.07, 6.45) is 0. The van der Waals surface area contributed by atoms with Crippen LogP contribution in [0.5, 0.6) is 0 Å². The molecular weight excluding hydrogens is 547 g/mol. The van der Waals surface area contributed by atoms with E-state index in [1.807, 2.05) is 0 Å². The first-order valence-corrected chi connectivity index (χ1v) is 10.6. The predicted molar refractivity (Wildman–Crippen MR) is 69.2 cm³/mol. The minimum absolute atomic E-state index is 0.906. The van der Waals surface area contributed by atoms with Gasteiger partial charge < -0.3 is 0 Å². The van der Waals surface area contributed by atoms with Crippen molar-refractivity contribution in [3.05, 3.63) is 0 Å². The van der Waals surface area contributed by atoms with Gasteiger partial charge in [0.05, 0.1) is 0 Å². The first-order chi connectivity index (χ1) is 3.72. The fraction of sp³-hybridized carbons (Fsp3) is 1.00. The molecule has 0 aliphatic rings. The fourth-order valence-electron chi connectivity index (χ4n) is 0.352. The average molecular weight is 557 g/mol. The summed E-state index contributed by atoms with van der Waals surface area (Å²) < 4.78 is 4.70. The number of rotatable bonds is 3. The molecule has 0 heterocycles. The van der Waals surface area contributed by atoms with Crippen LogP contribution in [0.25, 0.3) is 0 Å². The zero-order chi connectivity index (χ0) is 6.57. The molecule has 0 saturated carbocycles. The normalized spacial score (nSPS) is 18.4. The Bertz CT molecular complexity index is 51.2. The van der Waals surface area contributed by atoms with Crippen molar-refractivity contribution >= 4 is 90.3 Å². The Morgan fingerprint density at radius 1 is 1.25 bits per heavy atom. The van der Waals surface area contributed by atoms with Crippen LogP contribution in [0.3, 0.4) is 0 Å². The van der Waals surface area contributed by atoms with Gasteiger partial charge in [-0.15, -0.1) is 0 Å². The predicted octanol–water partition coefficient (Wildman–Crippen LogP) is 1.81. The van der Waals surface area contributed by atoms with Crippen LogP contribution in [0.15, 0.2) is 0 Å². The van der Waals surface area contributed by atoms with Crippen molar-refractivity contribution in [2.45, 2.75) is 12.3 Å². The van der Waals surface area contributed by atoms with Gasteiger partial charge in [-0.3, -0.25) is 0 Å². The molecule has 4 heteroatoms. The van der Waals surface area contributed by atoms with Gasteiger partial charge >= 0.3 is 107 Å². The van der Waals surface area contributed by atoms with Crippen LogP contribution < -0.4 is 0 Å². The molecule has 0 spiro atoms. The quantitative estimate of drug-likeness (QED) is 0.283. The molecule has 0 fully saturated rings. The molecule has 0 nitrogen and oxygen atoms in total. The number of hydrogen-bond acceptors (Lipinski definition) is 0. The van der Waals surface area contributed by atoms with E-state index in [4.69, 9.17) is 0 Å².